The Hall–Kier alpha value is -2.69. The van der Waals surface area contributed by atoms with Gasteiger partial charge in [0.25, 0.3) is 0 Å². The number of fused-ring (bicyclic) bond motifs is 1. The second-order valence-corrected chi connectivity index (χ2v) is 7.90. The van der Waals surface area contributed by atoms with Gasteiger partial charge in [-0.15, -0.1) is 0 Å². The highest BCUT2D eigenvalue weighted by atomic mass is 35.5. The van der Waals surface area contributed by atoms with Crippen LogP contribution in [0.1, 0.15) is 36.6 Å². The second-order valence-electron chi connectivity index (χ2n) is 7.46. The van der Waals surface area contributed by atoms with Gasteiger partial charge in [-0.05, 0) is 25.3 Å². The Morgan fingerprint density at radius 2 is 2.10 bits per heavy atom. The molecule has 2 aromatic rings. The van der Waals surface area contributed by atoms with E-state index in [9.17, 15) is 22.4 Å². The molecule has 0 spiro atoms. The van der Waals surface area contributed by atoms with Gasteiger partial charge in [-0.3, -0.25) is 4.79 Å². The summed E-state index contributed by atoms with van der Waals surface area (Å²) < 4.78 is 52.2. The Morgan fingerprint density at radius 3 is 2.87 bits per heavy atom. The largest absolute Gasteiger partial charge is 0.405 e. The van der Waals surface area contributed by atoms with Crippen molar-refractivity contribution in [2.75, 3.05) is 29.9 Å². The van der Waals surface area contributed by atoms with E-state index in [0.717, 1.165) is 11.8 Å². The summed E-state index contributed by atoms with van der Waals surface area (Å²) in [5.41, 5.74) is 0.767. The molecule has 0 radical (unpaired) electrons. The molecule has 7 nitrogen and oxygen atoms in total. The zero-order valence-corrected chi connectivity index (χ0v) is 17.0. The molecule has 0 aromatic carbocycles. The van der Waals surface area contributed by atoms with Crippen LogP contribution in [0.15, 0.2) is 18.5 Å². The number of anilines is 2. The van der Waals surface area contributed by atoms with Gasteiger partial charge in [0.05, 0.1) is 17.1 Å². The predicted molar refractivity (Wildman–Crippen MR) is 106 cm³/mol. The number of hydrogen-bond acceptors (Lipinski definition) is 6. The summed E-state index contributed by atoms with van der Waals surface area (Å²) in [6.45, 7) is -0.709. The van der Waals surface area contributed by atoms with E-state index in [1.54, 1.807) is 6.07 Å². The Kier molecular flexibility index (Phi) is 5.87. The minimum atomic E-state index is -4.53. The van der Waals surface area contributed by atoms with Gasteiger partial charge >= 0.3 is 6.18 Å². The van der Waals surface area contributed by atoms with Crippen LogP contribution in [0.25, 0.3) is 0 Å². The quantitative estimate of drug-likeness (QED) is 0.684. The number of carbonyl (C=O) groups is 1. The van der Waals surface area contributed by atoms with Crippen molar-refractivity contribution in [1.82, 2.24) is 20.3 Å². The number of nitrogens with zero attached hydrogens (tertiary/aromatic N) is 4. The number of carbonyl (C=O) groups excluding carboxylic acids is 1. The van der Waals surface area contributed by atoms with E-state index < -0.39 is 30.5 Å². The van der Waals surface area contributed by atoms with Crippen molar-refractivity contribution in [2.45, 2.75) is 37.4 Å². The van der Waals surface area contributed by atoms with Crippen molar-refractivity contribution in [1.29, 1.82) is 0 Å². The molecule has 2 aromatic heterocycles. The number of nitrogens with one attached hydrogen (secondary N) is 2. The average molecular weight is 459 g/mol. The van der Waals surface area contributed by atoms with Gasteiger partial charge < -0.3 is 15.5 Å². The first-order chi connectivity index (χ1) is 14.7. The van der Waals surface area contributed by atoms with Gasteiger partial charge in [0.2, 0.25) is 5.91 Å². The van der Waals surface area contributed by atoms with Crippen LogP contribution in [0.4, 0.5) is 29.2 Å². The SMILES string of the molecule is O=C(NCC(F)(F)F)[C@H]1CCCCN1c1nc(C2CNc3ncc(Cl)cc32)ncc1F. The maximum Gasteiger partial charge on any atom is 0.405 e. The third kappa shape index (κ3) is 4.65. The molecule has 2 aliphatic rings. The third-order valence-electron chi connectivity index (χ3n) is 5.33. The molecule has 31 heavy (non-hydrogen) atoms. The molecule has 2 atom stereocenters. The molecule has 2 N–H and O–H groups in total. The predicted octanol–water partition coefficient (Wildman–Crippen LogP) is 3.26. The topological polar surface area (TPSA) is 83.0 Å². The van der Waals surface area contributed by atoms with E-state index in [1.165, 1.54) is 11.1 Å². The van der Waals surface area contributed by atoms with E-state index in [-0.39, 0.29) is 11.7 Å². The molecule has 1 amide bonds. The van der Waals surface area contributed by atoms with Gasteiger partial charge in [-0.2, -0.15) is 13.2 Å². The molecule has 1 fully saturated rings. The number of hydrogen-bond donors (Lipinski definition) is 2. The van der Waals surface area contributed by atoms with Crippen LogP contribution in [-0.4, -0.2) is 52.7 Å². The van der Waals surface area contributed by atoms with Crippen molar-refractivity contribution in [3.8, 4) is 0 Å². The first-order valence-corrected chi connectivity index (χ1v) is 10.1. The number of alkyl halides is 3. The van der Waals surface area contributed by atoms with Gasteiger partial charge in [0, 0.05) is 24.8 Å². The van der Waals surface area contributed by atoms with Crippen molar-refractivity contribution in [3.63, 3.8) is 0 Å². The molecule has 4 heterocycles. The maximum absolute atomic E-state index is 14.7. The number of rotatable bonds is 4. The van der Waals surface area contributed by atoms with Crippen molar-refractivity contribution >= 4 is 29.1 Å². The molecular weight excluding hydrogens is 440 g/mol. The van der Waals surface area contributed by atoms with E-state index in [2.05, 4.69) is 20.3 Å². The van der Waals surface area contributed by atoms with Crippen LogP contribution in [0.5, 0.6) is 0 Å². The first kappa shape index (κ1) is 21.5. The van der Waals surface area contributed by atoms with Crippen LogP contribution in [-0.2, 0) is 4.79 Å². The Bertz CT molecular complexity index is 988. The molecule has 4 rings (SSSR count). The van der Waals surface area contributed by atoms with Crippen LogP contribution < -0.4 is 15.5 Å². The number of amides is 1. The number of aromatic nitrogens is 3. The average Bonchev–Trinajstić information content (AvgIpc) is 3.15. The van der Waals surface area contributed by atoms with Crippen LogP contribution >= 0.6 is 11.6 Å². The van der Waals surface area contributed by atoms with E-state index in [0.29, 0.717) is 49.0 Å². The van der Waals surface area contributed by atoms with Crippen molar-refractivity contribution < 1.29 is 22.4 Å². The Morgan fingerprint density at radius 1 is 1.29 bits per heavy atom. The third-order valence-corrected chi connectivity index (χ3v) is 5.54. The monoisotopic (exact) mass is 458 g/mol. The molecule has 166 valence electrons. The lowest BCUT2D eigenvalue weighted by molar-refractivity contribution is -0.139. The highest BCUT2D eigenvalue weighted by molar-refractivity contribution is 6.30. The fourth-order valence-electron chi connectivity index (χ4n) is 3.91. The summed E-state index contributed by atoms with van der Waals surface area (Å²) in [5.74, 6) is -1.03. The summed E-state index contributed by atoms with van der Waals surface area (Å²) in [6, 6.07) is 0.785. The Labute approximate surface area is 180 Å². The van der Waals surface area contributed by atoms with Crippen LogP contribution in [0.2, 0.25) is 5.02 Å². The fourth-order valence-corrected chi connectivity index (χ4v) is 4.08. The molecule has 0 saturated carbocycles. The summed E-state index contributed by atoms with van der Waals surface area (Å²) >= 11 is 6.05. The molecule has 0 aliphatic carbocycles. The number of halogens is 5. The van der Waals surface area contributed by atoms with Crippen molar-refractivity contribution in [2.24, 2.45) is 0 Å². The van der Waals surface area contributed by atoms with Crippen LogP contribution in [0, 0.1) is 5.82 Å². The zero-order valence-electron chi connectivity index (χ0n) is 16.2. The van der Waals surface area contributed by atoms with Crippen LogP contribution in [0.3, 0.4) is 0 Å². The summed E-state index contributed by atoms with van der Waals surface area (Å²) in [4.78, 5) is 26.6. The maximum atomic E-state index is 14.7. The second kappa shape index (κ2) is 8.45. The molecule has 2 aliphatic heterocycles. The standard InChI is InChI=1S/C19H19ClF4N6O/c20-10-5-11-12(7-26-15(11)25-6-10)16-27-8-13(21)17(29-16)30-4-2-1-3-14(30)18(31)28-9-19(22,23)24/h5-6,8,12,14H,1-4,7,9H2,(H,25,26)(H,28,31)/t12?,14-/m1/s1. The normalized spacial score (nSPS) is 20.9. The summed E-state index contributed by atoms with van der Waals surface area (Å²) in [6.07, 6.45) is -0.395. The lowest BCUT2D eigenvalue weighted by atomic mass is 10.0. The van der Waals surface area contributed by atoms with Gasteiger partial charge in [0.15, 0.2) is 11.6 Å². The van der Waals surface area contributed by atoms with E-state index in [1.807, 2.05) is 5.32 Å². The lowest BCUT2D eigenvalue weighted by Crippen LogP contribution is -2.51. The summed E-state index contributed by atoms with van der Waals surface area (Å²) in [5, 5.41) is 5.45. The minimum absolute atomic E-state index is 0.0969. The van der Waals surface area contributed by atoms with Crippen molar-refractivity contribution in [3.05, 3.63) is 40.7 Å². The van der Waals surface area contributed by atoms with E-state index >= 15 is 0 Å². The minimum Gasteiger partial charge on any atom is -0.369 e. The smallest absolute Gasteiger partial charge is 0.369 e. The van der Waals surface area contributed by atoms with E-state index in [4.69, 9.17) is 11.6 Å². The highest BCUT2D eigenvalue weighted by Crippen LogP contribution is 2.36. The van der Waals surface area contributed by atoms with Gasteiger partial charge in [-0.1, -0.05) is 11.6 Å². The lowest BCUT2D eigenvalue weighted by Gasteiger charge is -2.36. The zero-order chi connectivity index (χ0) is 22.2. The van der Waals surface area contributed by atoms with Gasteiger partial charge in [0.1, 0.15) is 24.2 Å². The summed E-state index contributed by atoms with van der Waals surface area (Å²) in [7, 11) is 0. The van der Waals surface area contributed by atoms with Gasteiger partial charge in [-0.25, -0.2) is 19.3 Å². The molecular formula is C19H19ClF4N6O. The first-order valence-electron chi connectivity index (χ1n) is 9.76. The molecule has 1 saturated heterocycles. The number of piperidine rings is 1. The fraction of sp³-hybridized carbons (Fsp3) is 0.474. The highest BCUT2D eigenvalue weighted by Gasteiger charge is 2.35. The molecule has 0 bridgehead atoms. The Balaban J connectivity index is 1.62. The molecule has 1 unspecified atom stereocenters. The number of pyridine rings is 1. The molecule has 12 heteroatoms.